The summed E-state index contributed by atoms with van der Waals surface area (Å²) in [5.74, 6) is -0.0486. The number of anilines is 4. The molecule has 4 rings (SSSR count). The fraction of sp³-hybridized carbons (Fsp3) is 0.344. The van der Waals surface area contributed by atoms with Crippen molar-refractivity contribution in [2.75, 3.05) is 49.8 Å². The third-order valence-electron chi connectivity index (χ3n) is 6.97. The van der Waals surface area contributed by atoms with Gasteiger partial charge < -0.3 is 29.8 Å². The minimum absolute atomic E-state index is 0.0484. The van der Waals surface area contributed by atoms with E-state index in [0.717, 1.165) is 21.4 Å². The van der Waals surface area contributed by atoms with Crippen molar-refractivity contribution in [3.63, 3.8) is 0 Å². The van der Waals surface area contributed by atoms with E-state index in [4.69, 9.17) is 15.2 Å². The summed E-state index contributed by atoms with van der Waals surface area (Å²) >= 11 is 0. The highest BCUT2D eigenvalue weighted by molar-refractivity contribution is 5.99. The summed E-state index contributed by atoms with van der Waals surface area (Å²) in [5.41, 5.74) is 9.46. The number of carboxylic acid groups (broad SMARTS) is 1. The van der Waals surface area contributed by atoms with Gasteiger partial charge in [0.2, 0.25) is 5.95 Å². The molecule has 0 radical (unpaired) electrons. The zero-order valence-electron chi connectivity index (χ0n) is 26.7. The fourth-order valence-corrected chi connectivity index (χ4v) is 4.96. The molecule has 0 unspecified atom stereocenters. The lowest BCUT2D eigenvalue weighted by Gasteiger charge is -2.30. The van der Waals surface area contributed by atoms with Gasteiger partial charge >= 0.3 is 12.2 Å². The number of nitrogens with zero attached hydrogens (tertiary/aromatic N) is 7. The van der Waals surface area contributed by atoms with Gasteiger partial charge in [-0.15, -0.1) is 0 Å². The van der Waals surface area contributed by atoms with Gasteiger partial charge in [-0.2, -0.15) is 5.26 Å². The lowest BCUT2D eigenvalue weighted by molar-refractivity contribution is 0.0578. The monoisotopic (exact) mass is 614 g/mol. The molecule has 45 heavy (non-hydrogen) atoms. The average molecular weight is 615 g/mol. The lowest BCUT2D eigenvalue weighted by Crippen LogP contribution is -2.41. The van der Waals surface area contributed by atoms with Crippen LogP contribution < -0.4 is 20.3 Å². The molecule has 2 amide bonds. The number of rotatable bonds is 8. The van der Waals surface area contributed by atoms with Crippen LogP contribution in [0.2, 0.25) is 0 Å². The van der Waals surface area contributed by atoms with E-state index in [1.165, 1.54) is 30.3 Å². The Bertz CT molecular complexity index is 1800. The molecule has 2 heterocycles. The molecule has 2 aromatic heterocycles. The first-order valence-corrected chi connectivity index (χ1v) is 14.1. The highest BCUT2D eigenvalue weighted by atomic mass is 16.6. The van der Waals surface area contributed by atoms with E-state index in [2.05, 4.69) is 16.0 Å². The first-order chi connectivity index (χ1) is 21.1. The molecule has 0 saturated heterocycles. The molecule has 2 aromatic carbocycles. The van der Waals surface area contributed by atoms with Crippen molar-refractivity contribution in [2.24, 2.45) is 7.05 Å². The van der Waals surface area contributed by atoms with Crippen LogP contribution in [0.3, 0.4) is 0 Å². The summed E-state index contributed by atoms with van der Waals surface area (Å²) in [5, 5.41) is 21.1. The van der Waals surface area contributed by atoms with Crippen LogP contribution in [0.1, 0.15) is 31.9 Å². The van der Waals surface area contributed by atoms with E-state index in [0.29, 0.717) is 29.1 Å². The van der Waals surface area contributed by atoms with Gasteiger partial charge in [-0.05, 0) is 71.6 Å². The minimum Gasteiger partial charge on any atom is -0.494 e. The maximum Gasteiger partial charge on any atom is 0.419 e. The number of ether oxygens (including phenoxy) is 2. The van der Waals surface area contributed by atoms with Gasteiger partial charge in [0.25, 0.3) is 0 Å². The van der Waals surface area contributed by atoms with Crippen LogP contribution in [-0.4, -0.2) is 76.6 Å². The second kappa shape index (κ2) is 12.7. The molecule has 0 fully saturated rings. The standard InChI is InChI=1S/C32H38N8O5/c1-19-18-38(7)28-21(17-33)13-20(14-22(19)28)24-9-10-35-29(36-24)40(30(41)42)26-15-23(34)25(16-27(26)44-8)39(12-11-37(5)6)31(43)45-32(2,3)4/h9-10,13-16,18H,11-12,34H2,1-8H3,(H,41,42). The molecule has 3 N–H and O–H groups in total. The fourth-order valence-electron chi connectivity index (χ4n) is 4.96. The number of nitriles is 1. The zero-order valence-corrected chi connectivity index (χ0v) is 26.7. The summed E-state index contributed by atoms with van der Waals surface area (Å²) in [6.07, 6.45) is 1.38. The Morgan fingerprint density at radius 1 is 1.13 bits per heavy atom. The number of fused-ring (bicyclic) bond motifs is 1. The van der Waals surface area contributed by atoms with Gasteiger partial charge in [-0.25, -0.2) is 24.5 Å². The number of aromatic nitrogens is 3. The Kier molecular flexibility index (Phi) is 9.20. The predicted molar refractivity (Wildman–Crippen MR) is 173 cm³/mol. The van der Waals surface area contributed by atoms with E-state index >= 15 is 0 Å². The normalized spacial score (nSPS) is 11.4. The molecule has 0 aliphatic rings. The van der Waals surface area contributed by atoms with E-state index in [9.17, 15) is 20.0 Å². The molecule has 0 atom stereocenters. The van der Waals surface area contributed by atoms with Crippen LogP contribution in [0.15, 0.2) is 42.7 Å². The van der Waals surface area contributed by atoms with E-state index in [1.807, 2.05) is 49.8 Å². The molecule has 0 bridgehead atoms. The van der Waals surface area contributed by atoms with E-state index in [-0.39, 0.29) is 29.6 Å². The lowest BCUT2D eigenvalue weighted by atomic mass is 10.0. The predicted octanol–water partition coefficient (Wildman–Crippen LogP) is 5.53. The summed E-state index contributed by atoms with van der Waals surface area (Å²) < 4.78 is 13.1. The Morgan fingerprint density at radius 3 is 2.44 bits per heavy atom. The van der Waals surface area contributed by atoms with Crippen molar-refractivity contribution < 1.29 is 24.2 Å². The number of carbonyl (C=O) groups is 2. The number of aryl methyl sites for hydroxylation is 2. The van der Waals surface area contributed by atoms with Crippen molar-refractivity contribution in [2.45, 2.75) is 33.3 Å². The number of hydrogen-bond donors (Lipinski definition) is 2. The first kappa shape index (κ1) is 32.6. The number of nitrogens with two attached hydrogens (primary N) is 1. The Labute approximate surface area is 262 Å². The molecular formula is C32H38N8O5. The molecule has 0 aliphatic heterocycles. The van der Waals surface area contributed by atoms with Gasteiger partial charge in [-0.3, -0.25) is 4.90 Å². The van der Waals surface area contributed by atoms with Crippen LogP contribution in [0.4, 0.5) is 32.6 Å². The maximum atomic E-state index is 13.2. The SMILES string of the molecule is COc1cc(N(CCN(C)C)C(=O)OC(C)(C)C)c(N)cc1N(C(=O)O)c1nccc(-c2cc(C#N)c3c(c2)c(C)cn3C)n1. The van der Waals surface area contributed by atoms with Crippen molar-refractivity contribution >= 4 is 46.1 Å². The smallest absolute Gasteiger partial charge is 0.419 e. The Morgan fingerprint density at radius 2 is 1.84 bits per heavy atom. The molecule has 236 valence electrons. The van der Waals surface area contributed by atoms with Crippen LogP contribution in [0, 0.1) is 18.3 Å². The van der Waals surface area contributed by atoms with E-state index in [1.54, 1.807) is 32.9 Å². The zero-order chi connectivity index (χ0) is 33.2. The molecule has 0 aliphatic carbocycles. The maximum absolute atomic E-state index is 13.2. The summed E-state index contributed by atoms with van der Waals surface area (Å²) in [7, 11) is 7.01. The number of benzene rings is 2. The van der Waals surface area contributed by atoms with E-state index < -0.39 is 17.8 Å². The Balaban J connectivity index is 1.82. The molecule has 13 nitrogen and oxygen atoms in total. The molecule has 0 spiro atoms. The van der Waals surface area contributed by atoms with Gasteiger partial charge in [0.05, 0.1) is 40.9 Å². The summed E-state index contributed by atoms with van der Waals surface area (Å²) in [4.78, 5) is 38.9. The second-order valence-electron chi connectivity index (χ2n) is 11.8. The third kappa shape index (κ3) is 6.91. The van der Waals surface area contributed by atoms with Crippen molar-refractivity contribution in [1.29, 1.82) is 5.26 Å². The summed E-state index contributed by atoms with van der Waals surface area (Å²) in [6, 6.07) is 10.4. The minimum atomic E-state index is -1.39. The number of likely N-dealkylation sites (N-methyl/N-ethyl adjacent to an activating group) is 1. The number of carbonyl (C=O) groups excluding carboxylic acids is 1. The van der Waals surface area contributed by atoms with Crippen LogP contribution in [0.25, 0.3) is 22.2 Å². The van der Waals surface area contributed by atoms with Gasteiger partial charge in [0.15, 0.2) is 0 Å². The molecular weight excluding hydrogens is 576 g/mol. The van der Waals surface area contributed by atoms with Gasteiger partial charge in [0, 0.05) is 49.5 Å². The average Bonchev–Trinajstić information content (AvgIpc) is 3.25. The first-order valence-electron chi connectivity index (χ1n) is 14.1. The summed E-state index contributed by atoms with van der Waals surface area (Å²) in [6.45, 7) is 8.00. The highest BCUT2D eigenvalue weighted by Crippen LogP contribution is 2.41. The molecule has 0 saturated carbocycles. The highest BCUT2D eigenvalue weighted by Gasteiger charge is 2.30. The number of amides is 2. The number of hydrogen-bond acceptors (Lipinski definition) is 9. The van der Waals surface area contributed by atoms with Crippen LogP contribution in [-0.2, 0) is 11.8 Å². The quantitative estimate of drug-likeness (QED) is 0.241. The third-order valence-corrected chi connectivity index (χ3v) is 6.97. The second-order valence-corrected chi connectivity index (χ2v) is 11.8. The van der Waals surface area contributed by atoms with Crippen molar-refractivity contribution in [3.8, 4) is 23.1 Å². The number of nitrogen functional groups attached to an aromatic ring is 1. The van der Waals surface area contributed by atoms with Crippen molar-refractivity contribution in [1.82, 2.24) is 19.4 Å². The van der Waals surface area contributed by atoms with Crippen LogP contribution >= 0.6 is 0 Å². The molecule has 4 aromatic rings. The molecule has 13 heteroatoms. The van der Waals surface area contributed by atoms with Crippen LogP contribution in [0.5, 0.6) is 5.75 Å². The largest absolute Gasteiger partial charge is 0.494 e. The Hall–Kier alpha value is -5.35. The van der Waals surface area contributed by atoms with Crippen molar-refractivity contribution in [3.05, 3.63) is 53.9 Å². The van der Waals surface area contributed by atoms with Gasteiger partial charge in [-0.1, -0.05) is 0 Å². The van der Waals surface area contributed by atoms with Gasteiger partial charge in [0.1, 0.15) is 17.4 Å². The number of methoxy groups -OCH3 is 1. The topological polar surface area (TPSA) is 163 Å².